The van der Waals surface area contributed by atoms with Crippen molar-refractivity contribution in [3.8, 4) is 16.9 Å². The summed E-state index contributed by atoms with van der Waals surface area (Å²) in [5, 5.41) is 52.1. The molecule has 2 spiro atoms. The number of aliphatic carboxylic acids is 1. The first-order valence-corrected chi connectivity index (χ1v) is 37.0. The topological polar surface area (TPSA) is 107 Å². The van der Waals surface area contributed by atoms with Crippen molar-refractivity contribution >= 4 is 17.1 Å². The maximum atomic E-state index is 14.7. The lowest BCUT2D eigenvalue weighted by atomic mass is 9.25. The zero-order valence-electron chi connectivity index (χ0n) is 56.5. The van der Waals surface area contributed by atoms with Crippen molar-refractivity contribution in [3.63, 3.8) is 0 Å². The number of carbonyl (C=O) groups is 1. The zero-order chi connectivity index (χ0) is 64.5. The van der Waals surface area contributed by atoms with Gasteiger partial charge in [0.25, 0.3) is 0 Å². The number of allylic oxidation sites excluding steroid dienone is 9. The first-order valence-electron chi connectivity index (χ1n) is 37.0. The molecule has 15 atom stereocenters. The van der Waals surface area contributed by atoms with Gasteiger partial charge in [0.2, 0.25) is 0 Å². The van der Waals surface area contributed by atoms with Gasteiger partial charge in [-0.3, -0.25) is 4.79 Å². The molecule has 4 bridgehead atoms. The summed E-state index contributed by atoms with van der Waals surface area (Å²) in [5.41, 5.74) is 14.1. The normalized spacial score (nSPS) is 35.8. The molecule has 4 N–H and O–H groups in total. The Balaban J connectivity index is 0.868. The van der Waals surface area contributed by atoms with Gasteiger partial charge < -0.3 is 25.2 Å². The van der Waals surface area contributed by atoms with Gasteiger partial charge in [0.05, 0.1) is 24.7 Å². The smallest absolute Gasteiger partial charge is 0.306 e. The molecule has 6 nitrogen and oxygen atoms in total. The molecule has 5 aromatic carbocycles. The molecule has 0 radical (unpaired) electrons. The third-order valence-electron chi connectivity index (χ3n) is 29.2. The fraction of sp³-hybridized carbons (Fsp3) is 0.511. The van der Waals surface area contributed by atoms with E-state index < -0.39 is 46.3 Å². The van der Waals surface area contributed by atoms with Gasteiger partial charge in [-0.25, -0.2) is 0 Å². The number of carboxylic acid groups (broad SMARTS) is 1. The lowest BCUT2D eigenvalue weighted by Gasteiger charge is -2.78. The number of fused-ring (bicyclic) bond motifs is 1. The average molecular weight is 1260 g/mol. The highest BCUT2D eigenvalue weighted by Crippen LogP contribution is 2.88. The number of phenols is 1. The van der Waals surface area contributed by atoms with Gasteiger partial charge in [-0.1, -0.05) is 209 Å². The van der Waals surface area contributed by atoms with E-state index in [9.17, 15) is 25.2 Å². The van der Waals surface area contributed by atoms with E-state index in [4.69, 9.17) is 11.3 Å². The fourth-order valence-electron chi connectivity index (χ4n) is 25.3. The third-order valence-corrected chi connectivity index (χ3v) is 29.2. The molecule has 0 saturated heterocycles. The predicted octanol–water partition coefficient (Wildman–Crippen LogP) is 17.6. The van der Waals surface area contributed by atoms with E-state index in [1.807, 2.05) is 12.1 Å². The number of ether oxygens (including phenoxy) is 1. The monoisotopic (exact) mass is 1250 g/mol. The van der Waals surface area contributed by atoms with Gasteiger partial charge in [0.1, 0.15) is 5.75 Å². The summed E-state index contributed by atoms with van der Waals surface area (Å²) in [6.45, 7) is 12.9. The Kier molecular flexibility index (Phi) is 15.8. The molecule has 15 unspecified atom stereocenters. The van der Waals surface area contributed by atoms with Crippen molar-refractivity contribution in [2.24, 2.45) is 85.8 Å². The van der Waals surface area contributed by atoms with E-state index >= 15 is 0 Å². The van der Waals surface area contributed by atoms with Crippen molar-refractivity contribution in [2.75, 3.05) is 13.7 Å². The number of phenolic OH excluding ortho intramolecular Hbond substituents is 1. The van der Waals surface area contributed by atoms with Crippen LogP contribution >= 0.6 is 0 Å². The molecule has 0 amide bonds. The lowest BCUT2D eigenvalue weighted by Crippen LogP contribution is -2.73. The molecule has 0 aromatic heterocycles. The number of aromatic hydroxyl groups is 1. The summed E-state index contributed by atoms with van der Waals surface area (Å²) in [6, 6.07) is 46.6. The van der Waals surface area contributed by atoms with Crippen LogP contribution in [0, 0.1) is 85.8 Å². The minimum Gasteiger partial charge on any atom is -0.508 e. The van der Waals surface area contributed by atoms with E-state index in [1.165, 1.54) is 87.1 Å². The Morgan fingerprint density at radius 1 is 0.755 bits per heavy atom. The number of methoxy groups -OCH3 is 1. The van der Waals surface area contributed by atoms with Crippen LogP contribution in [0.15, 0.2) is 187 Å². The Morgan fingerprint density at radius 2 is 1.48 bits per heavy atom. The van der Waals surface area contributed by atoms with E-state index in [1.54, 1.807) is 30.4 Å². The van der Waals surface area contributed by atoms with Crippen molar-refractivity contribution in [1.29, 1.82) is 0 Å². The SMILES string of the molecule is C=C(CCC(C(=O)O)C1C(O)CC23C4=C(CC(CCC25CCC(C(CCc2ccccc2)c2ccc(CCOC)cc2)CC5)C13C)C12C3C=CC5=c6ccccc6=C(Cc6cccc(-c7ccc(O)cc7)c6)C(=CC6(C=CCC(C)(C(O)C3)C61)C4)C52)C(C)C1CCCCC1. The fourth-order valence-corrected chi connectivity index (χ4v) is 25.3. The van der Waals surface area contributed by atoms with Crippen LogP contribution in [0.4, 0.5) is 0 Å². The summed E-state index contributed by atoms with van der Waals surface area (Å²) < 4.78 is 5.54. The van der Waals surface area contributed by atoms with Crippen LogP contribution in [-0.2, 0) is 28.8 Å². The second-order valence-electron chi connectivity index (χ2n) is 32.9. The summed E-state index contributed by atoms with van der Waals surface area (Å²) in [6.07, 6.45) is 33.6. The van der Waals surface area contributed by atoms with Crippen LogP contribution in [0.1, 0.15) is 171 Å². The molecule has 11 aliphatic rings. The quantitative estimate of drug-likeness (QED) is 0.0651. The highest BCUT2D eigenvalue weighted by Gasteiger charge is 2.82. The zero-order valence-corrected chi connectivity index (χ0v) is 56.5. The summed E-state index contributed by atoms with van der Waals surface area (Å²) in [5.74, 6) is 0.719. The average Bonchev–Trinajstić information content (AvgIpc) is 1.06. The van der Waals surface area contributed by atoms with Crippen molar-refractivity contribution in [2.45, 2.75) is 180 Å². The first-order chi connectivity index (χ1) is 45.6. The van der Waals surface area contributed by atoms with Crippen molar-refractivity contribution < 1.29 is 30.0 Å². The molecule has 5 saturated carbocycles. The van der Waals surface area contributed by atoms with Crippen LogP contribution in [0.5, 0.6) is 5.75 Å². The Labute approximate surface area is 559 Å². The van der Waals surface area contributed by atoms with Gasteiger partial charge in [-0.2, -0.15) is 0 Å². The minimum absolute atomic E-state index is 0.0555. The number of aliphatic hydroxyl groups is 2. The number of rotatable bonds is 18. The highest BCUT2D eigenvalue weighted by atomic mass is 16.5. The second-order valence-corrected chi connectivity index (χ2v) is 32.9. The molecule has 94 heavy (non-hydrogen) atoms. The van der Waals surface area contributed by atoms with E-state index in [2.05, 4.69) is 154 Å². The van der Waals surface area contributed by atoms with Gasteiger partial charge in [0, 0.05) is 40.6 Å². The number of aliphatic hydroxyl groups excluding tert-OH is 2. The maximum absolute atomic E-state index is 14.7. The Bertz CT molecular complexity index is 4020. The minimum atomic E-state index is -0.768. The van der Waals surface area contributed by atoms with Gasteiger partial charge >= 0.3 is 5.97 Å². The van der Waals surface area contributed by atoms with E-state index in [0.29, 0.717) is 56.0 Å². The molecule has 16 rings (SSSR count). The second kappa shape index (κ2) is 23.8. The molecule has 11 aliphatic carbocycles. The standard InChI is InChI=1S/C88H102O6/c1-55(56(2)60-19-10-7-11-20-60)24-35-72(81(92)93)80-77(90)54-87-76-53-85-43-15-42-83(3)78(91)51-66-32-37-71-69-22-12-13-23-70(69)73(49-59-18-14-21-64(48-59)61-30-33-67(89)34-31-61)74(52-85)79(71)88(66,82(83)85)75(76)50-65(84(80,87)4)40-46-86(87)44-38-63(39-45-86)68(36-27-57-16-8-6-9-17-57)62-28-25-58(26-29-62)41-47-94-5/h6,8-9,12-18,21-23,25-26,28-34,37,43,48,52,56,60,63,65-66,68,72,77-80,82,89-91H,1,7,10-11,19-20,24,27,35-36,38-42,44-47,49-51,53-54H2,2-5H3,(H,92,93). The van der Waals surface area contributed by atoms with Gasteiger partial charge in [-0.05, 0) is 247 Å². The summed E-state index contributed by atoms with van der Waals surface area (Å²) in [4.78, 5) is 14.7. The molecule has 0 aliphatic heterocycles. The Hall–Kier alpha value is -6.31. The lowest BCUT2D eigenvalue weighted by molar-refractivity contribution is -0.207. The van der Waals surface area contributed by atoms with Crippen LogP contribution in [-0.4, -0.2) is 52.3 Å². The molecule has 5 aromatic rings. The van der Waals surface area contributed by atoms with E-state index in [0.717, 1.165) is 94.6 Å². The number of carboxylic acids is 1. The van der Waals surface area contributed by atoms with E-state index in [-0.39, 0.29) is 45.7 Å². The maximum Gasteiger partial charge on any atom is 0.306 e. The summed E-state index contributed by atoms with van der Waals surface area (Å²) in [7, 11) is 1.79. The number of aryl methyl sites for hydroxylation is 1. The number of hydrogen-bond acceptors (Lipinski definition) is 5. The molecular formula is C88H102O6. The van der Waals surface area contributed by atoms with Gasteiger partial charge in [-0.15, -0.1) is 0 Å². The molecule has 5 fully saturated rings. The summed E-state index contributed by atoms with van der Waals surface area (Å²) >= 11 is 0. The van der Waals surface area contributed by atoms with Crippen LogP contribution in [0.2, 0.25) is 0 Å². The van der Waals surface area contributed by atoms with Gasteiger partial charge in [0.15, 0.2) is 0 Å². The highest BCUT2D eigenvalue weighted by molar-refractivity contribution is 5.84. The van der Waals surface area contributed by atoms with Crippen LogP contribution < -0.4 is 10.4 Å². The number of benzene rings is 5. The number of hydrogen-bond donors (Lipinski definition) is 4. The third kappa shape index (κ3) is 9.33. The van der Waals surface area contributed by atoms with Crippen molar-refractivity contribution in [3.05, 3.63) is 219 Å². The van der Waals surface area contributed by atoms with Crippen molar-refractivity contribution in [1.82, 2.24) is 0 Å². The molecule has 0 heterocycles. The predicted molar refractivity (Wildman–Crippen MR) is 378 cm³/mol. The molecule has 490 valence electrons. The van der Waals surface area contributed by atoms with Crippen LogP contribution in [0.3, 0.4) is 0 Å². The first kappa shape index (κ1) is 62.5. The van der Waals surface area contributed by atoms with Crippen LogP contribution in [0.25, 0.3) is 22.3 Å². The largest absolute Gasteiger partial charge is 0.508 e. The molecule has 6 heteroatoms. The molecular weight excluding hydrogens is 1150 g/mol. The Morgan fingerprint density at radius 3 is 2.23 bits per heavy atom.